The predicted molar refractivity (Wildman–Crippen MR) is 129 cm³/mol. The van der Waals surface area contributed by atoms with Crippen LogP contribution in [-0.4, -0.2) is 47.3 Å². The van der Waals surface area contributed by atoms with Gasteiger partial charge in [-0.15, -0.1) is 10.2 Å². The topological polar surface area (TPSA) is 111 Å². The number of nitrogens with one attached hydrogen (secondary N) is 1. The lowest BCUT2D eigenvalue weighted by Gasteiger charge is -2.14. The zero-order chi connectivity index (χ0) is 25.7. The Hall–Kier alpha value is -4.16. The van der Waals surface area contributed by atoms with Crippen molar-refractivity contribution in [2.45, 2.75) is 33.1 Å². The molecule has 0 aliphatic carbocycles. The first-order chi connectivity index (χ1) is 18.0. The summed E-state index contributed by atoms with van der Waals surface area (Å²) < 4.78 is 43.3. The van der Waals surface area contributed by atoms with Crippen molar-refractivity contribution >= 4 is 17.2 Å². The Bertz CT molecular complexity index is 1650. The predicted octanol–water partition coefficient (Wildman–Crippen LogP) is 3.60. The Morgan fingerprint density at radius 2 is 2.08 bits per heavy atom. The molecule has 0 saturated heterocycles. The third-order valence-electron chi connectivity index (χ3n) is 6.45. The van der Waals surface area contributed by atoms with Crippen LogP contribution in [0.1, 0.15) is 35.7 Å². The summed E-state index contributed by atoms with van der Waals surface area (Å²) in [7, 11) is 0. The Morgan fingerprint density at radius 1 is 1.22 bits per heavy atom. The van der Waals surface area contributed by atoms with Crippen molar-refractivity contribution in [2.24, 2.45) is 0 Å². The number of benzene rings is 1. The van der Waals surface area contributed by atoms with Crippen LogP contribution in [0.3, 0.4) is 0 Å². The highest BCUT2D eigenvalue weighted by Gasteiger charge is 2.23. The fourth-order valence-corrected chi connectivity index (χ4v) is 4.79. The maximum absolute atomic E-state index is 14.8. The van der Waals surface area contributed by atoms with Crippen LogP contribution < -0.4 is 10.1 Å². The number of imidazole rings is 1. The van der Waals surface area contributed by atoms with Crippen LogP contribution in [0.2, 0.25) is 0 Å². The Kier molecular flexibility index (Phi) is 5.69. The monoisotopic (exact) mass is 507 g/mol. The summed E-state index contributed by atoms with van der Waals surface area (Å²) in [5, 5.41) is 21.9. The molecule has 5 aromatic rings. The number of fused-ring (bicyclic) bond motifs is 3. The van der Waals surface area contributed by atoms with Crippen molar-refractivity contribution in [2.75, 3.05) is 18.5 Å². The van der Waals surface area contributed by atoms with Crippen molar-refractivity contribution in [3.63, 3.8) is 0 Å². The van der Waals surface area contributed by atoms with E-state index in [0.29, 0.717) is 64.1 Å². The molecule has 0 fully saturated rings. The van der Waals surface area contributed by atoms with Gasteiger partial charge < -0.3 is 19.9 Å². The molecule has 1 aromatic carbocycles. The van der Waals surface area contributed by atoms with Gasteiger partial charge in [-0.2, -0.15) is 0 Å². The lowest BCUT2D eigenvalue weighted by Crippen LogP contribution is -2.10. The van der Waals surface area contributed by atoms with Crippen LogP contribution in [0.5, 0.6) is 5.75 Å². The number of halogens is 2. The summed E-state index contributed by atoms with van der Waals surface area (Å²) in [5.41, 5.74) is 3.89. The van der Waals surface area contributed by atoms with Crippen molar-refractivity contribution in [1.29, 1.82) is 0 Å². The van der Waals surface area contributed by atoms with Gasteiger partial charge in [-0.3, -0.25) is 8.80 Å². The Morgan fingerprint density at radius 3 is 2.92 bits per heavy atom. The minimum Gasteiger partial charge on any atom is -0.493 e. The molecule has 1 aliphatic heterocycles. The average Bonchev–Trinajstić information content (AvgIpc) is 3.61. The van der Waals surface area contributed by atoms with Gasteiger partial charge in [0.2, 0.25) is 5.95 Å². The number of hydrogen-bond acceptors (Lipinski definition) is 8. The summed E-state index contributed by atoms with van der Waals surface area (Å²) in [6, 6.07) is 4.37. The van der Waals surface area contributed by atoms with Gasteiger partial charge in [0.05, 0.1) is 12.3 Å². The van der Waals surface area contributed by atoms with Crippen LogP contribution in [0.25, 0.3) is 22.4 Å². The van der Waals surface area contributed by atoms with Gasteiger partial charge in [0, 0.05) is 54.2 Å². The van der Waals surface area contributed by atoms with Crippen LogP contribution in [0.15, 0.2) is 36.9 Å². The highest BCUT2D eigenvalue weighted by molar-refractivity contribution is 5.86. The minimum atomic E-state index is -1.27. The molecule has 10 nitrogen and oxygen atoms in total. The first-order valence-corrected chi connectivity index (χ1v) is 11.8. The zero-order valence-electron chi connectivity index (χ0n) is 20.1. The molecule has 12 heteroatoms. The number of aromatic nitrogens is 6. The minimum absolute atomic E-state index is 0.181. The number of aliphatic hydroxyl groups is 1. The van der Waals surface area contributed by atoms with E-state index in [-0.39, 0.29) is 19.0 Å². The van der Waals surface area contributed by atoms with Crippen molar-refractivity contribution in [1.82, 2.24) is 29.0 Å². The first-order valence-electron chi connectivity index (χ1n) is 11.8. The second kappa shape index (κ2) is 9.05. The molecule has 0 amide bonds. The van der Waals surface area contributed by atoms with E-state index in [4.69, 9.17) is 9.47 Å². The lowest BCUT2D eigenvalue weighted by molar-refractivity contribution is -0.102. The fourth-order valence-electron chi connectivity index (χ4n) is 4.79. The van der Waals surface area contributed by atoms with Crippen molar-refractivity contribution < 1.29 is 23.4 Å². The van der Waals surface area contributed by atoms with Gasteiger partial charge in [0.1, 0.15) is 35.1 Å². The van der Waals surface area contributed by atoms with Crippen LogP contribution in [0.4, 0.5) is 14.7 Å². The third kappa shape index (κ3) is 3.85. The second-order valence-corrected chi connectivity index (χ2v) is 8.63. The SMILES string of the molecule is CCOC(O)c1c(C)nc2c(-c3cnc(NCc4c(F)ccc5c4CCO5)n4cnnc34)cc(F)cn12. The van der Waals surface area contributed by atoms with Crippen LogP contribution in [-0.2, 0) is 17.7 Å². The molecule has 4 aromatic heterocycles. The van der Waals surface area contributed by atoms with E-state index in [1.54, 1.807) is 30.5 Å². The number of nitrogens with zero attached hydrogens (tertiary/aromatic N) is 6. The highest BCUT2D eigenvalue weighted by atomic mass is 19.1. The summed E-state index contributed by atoms with van der Waals surface area (Å²) in [6.45, 7) is 4.45. The normalized spacial score (nSPS) is 13.8. The lowest BCUT2D eigenvalue weighted by atomic mass is 10.0. The molecule has 0 saturated carbocycles. The second-order valence-electron chi connectivity index (χ2n) is 8.63. The largest absolute Gasteiger partial charge is 0.493 e. The zero-order valence-corrected chi connectivity index (χ0v) is 20.1. The van der Waals surface area contributed by atoms with Gasteiger partial charge >= 0.3 is 0 Å². The van der Waals surface area contributed by atoms with E-state index < -0.39 is 12.1 Å². The molecular formula is C25H23F2N7O3. The molecule has 5 heterocycles. The molecule has 0 bridgehead atoms. The number of aryl methyl sites for hydroxylation is 1. The molecule has 190 valence electrons. The van der Waals surface area contributed by atoms with E-state index >= 15 is 0 Å². The molecule has 6 rings (SSSR count). The molecule has 1 unspecified atom stereocenters. The highest BCUT2D eigenvalue weighted by Crippen LogP contribution is 2.33. The van der Waals surface area contributed by atoms with E-state index in [9.17, 15) is 13.9 Å². The molecule has 1 aliphatic rings. The number of anilines is 1. The van der Waals surface area contributed by atoms with E-state index in [1.165, 1.54) is 29.1 Å². The molecular weight excluding hydrogens is 484 g/mol. The molecule has 2 N–H and O–H groups in total. The van der Waals surface area contributed by atoms with Crippen molar-refractivity contribution in [3.05, 3.63) is 71.1 Å². The number of pyridine rings is 1. The molecule has 0 radical (unpaired) electrons. The van der Waals surface area contributed by atoms with Gasteiger partial charge in [0.25, 0.3) is 0 Å². The third-order valence-corrected chi connectivity index (χ3v) is 6.45. The standard InChI is InChI=1S/C25H23F2N7O3/c1-3-36-24(35)21-13(2)31-22-16(8-14(26)11-33(21)22)18-10-29-25(34-12-30-32-23(18)34)28-9-17-15-6-7-37-20(15)5-4-19(17)27/h4-5,8,10-12,24,35H,3,6-7,9H2,1-2H3,(H,28,29). The number of hydrogen-bond donors (Lipinski definition) is 2. The molecule has 1 atom stereocenters. The Labute approximate surface area is 209 Å². The van der Waals surface area contributed by atoms with Crippen LogP contribution in [0, 0.1) is 18.6 Å². The molecule has 0 spiro atoms. The number of rotatable bonds is 7. The average molecular weight is 508 g/mol. The first kappa shape index (κ1) is 23.3. The summed E-state index contributed by atoms with van der Waals surface area (Å²) >= 11 is 0. The van der Waals surface area contributed by atoms with Gasteiger partial charge in [0.15, 0.2) is 11.9 Å². The van der Waals surface area contributed by atoms with E-state index in [0.717, 1.165) is 5.56 Å². The summed E-state index contributed by atoms with van der Waals surface area (Å²) in [5.74, 6) is 0.213. The van der Waals surface area contributed by atoms with E-state index in [1.807, 2.05) is 0 Å². The number of aliphatic hydroxyl groups excluding tert-OH is 1. The van der Waals surface area contributed by atoms with E-state index in [2.05, 4.69) is 25.5 Å². The summed E-state index contributed by atoms with van der Waals surface area (Å²) in [4.78, 5) is 9.08. The smallest absolute Gasteiger partial charge is 0.210 e. The summed E-state index contributed by atoms with van der Waals surface area (Å²) in [6.07, 6.45) is 3.63. The number of ether oxygens (including phenoxy) is 2. The Balaban J connectivity index is 1.41. The maximum atomic E-state index is 14.8. The molecule has 37 heavy (non-hydrogen) atoms. The van der Waals surface area contributed by atoms with Gasteiger partial charge in [-0.05, 0) is 32.0 Å². The van der Waals surface area contributed by atoms with Gasteiger partial charge in [-0.25, -0.2) is 18.7 Å². The maximum Gasteiger partial charge on any atom is 0.210 e. The fraction of sp³-hybridized carbons (Fsp3) is 0.280. The quantitative estimate of drug-likeness (QED) is 0.322. The van der Waals surface area contributed by atoms with Crippen LogP contribution >= 0.6 is 0 Å². The van der Waals surface area contributed by atoms with Gasteiger partial charge in [-0.1, -0.05) is 0 Å². The van der Waals surface area contributed by atoms with Crippen molar-refractivity contribution in [3.8, 4) is 16.9 Å².